The second kappa shape index (κ2) is 6.02. The number of H-pyrrole nitrogens is 1. The van der Waals surface area contributed by atoms with Crippen LogP contribution in [0, 0.1) is 4.77 Å². The number of nitrogens with zero attached hydrogens (tertiary/aromatic N) is 1. The van der Waals surface area contributed by atoms with Gasteiger partial charge in [-0.2, -0.15) is 0 Å². The molecule has 0 spiro atoms. The van der Waals surface area contributed by atoms with Crippen molar-refractivity contribution < 1.29 is 20.1 Å². The Bertz CT molecular complexity index is 853. The first kappa shape index (κ1) is 15.8. The molecule has 0 saturated heterocycles. The van der Waals surface area contributed by atoms with E-state index in [1.54, 1.807) is 0 Å². The van der Waals surface area contributed by atoms with E-state index in [9.17, 15) is 24.9 Å². The molecule has 0 saturated carbocycles. The van der Waals surface area contributed by atoms with Crippen LogP contribution < -0.4 is 5.56 Å². The molecule has 1 aromatic heterocycles. The first-order chi connectivity index (χ1) is 10.4. The molecular weight excluding hydrogens is 308 g/mol. The molecule has 0 aliphatic rings. The quantitative estimate of drug-likeness (QED) is 0.505. The van der Waals surface area contributed by atoms with E-state index in [0.717, 1.165) is 16.7 Å². The fraction of sp³-hybridized carbons (Fsp3) is 0.214. The lowest BCUT2D eigenvalue weighted by Crippen LogP contribution is -2.25. The zero-order valence-electron chi connectivity index (χ0n) is 11.7. The number of aryl methyl sites for hydroxylation is 1. The lowest BCUT2D eigenvalue weighted by molar-refractivity contribution is 0.0693. The molecule has 0 fully saturated rings. The molecule has 0 amide bonds. The van der Waals surface area contributed by atoms with Crippen molar-refractivity contribution >= 4 is 18.2 Å². The Labute approximate surface area is 130 Å². The van der Waals surface area contributed by atoms with Crippen LogP contribution in [0.2, 0.25) is 0 Å². The van der Waals surface area contributed by atoms with E-state index in [1.165, 1.54) is 6.20 Å². The molecule has 2 aromatic rings. The third kappa shape index (κ3) is 2.60. The predicted molar refractivity (Wildman–Crippen MR) is 81.5 cm³/mol. The number of hydrogen-bond donors (Lipinski definition) is 4. The minimum atomic E-state index is -1.48. The highest BCUT2D eigenvalue weighted by molar-refractivity contribution is 7.71. The minimum Gasteiger partial charge on any atom is -0.507 e. The van der Waals surface area contributed by atoms with Gasteiger partial charge in [0.2, 0.25) is 0 Å². The summed E-state index contributed by atoms with van der Waals surface area (Å²) in [6, 6.07) is 2.14. The largest absolute Gasteiger partial charge is 0.507 e. The van der Waals surface area contributed by atoms with Crippen LogP contribution in [0.25, 0.3) is 5.69 Å². The van der Waals surface area contributed by atoms with Gasteiger partial charge in [-0.25, -0.2) is 9.36 Å². The van der Waals surface area contributed by atoms with E-state index < -0.39 is 28.6 Å². The van der Waals surface area contributed by atoms with E-state index in [0.29, 0.717) is 18.4 Å². The first-order valence-electron chi connectivity index (χ1n) is 6.50. The van der Waals surface area contributed by atoms with Crippen LogP contribution >= 0.6 is 12.2 Å². The van der Waals surface area contributed by atoms with Crippen LogP contribution in [0.1, 0.15) is 29.3 Å². The Morgan fingerprint density at radius 3 is 2.55 bits per heavy atom. The monoisotopic (exact) mass is 322 g/mol. The van der Waals surface area contributed by atoms with Gasteiger partial charge in [0.1, 0.15) is 22.7 Å². The topological polar surface area (TPSA) is 116 Å². The standard InChI is InChI=1S/C14H14N2O5S/c1-2-3-7-6-15-14(22)16(12(7)19)11-9(18)5-4-8(17)10(11)13(20)21/h4-6,17-18H,2-3H2,1H3,(H,15,22)(H,20,21). The van der Waals surface area contributed by atoms with Crippen molar-refractivity contribution in [2.24, 2.45) is 0 Å². The van der Waals surface area contributed by atoms with E-state index in [-0.39, 0.29) is 10.5 Å². The number of phenolic OH excluding ortho intramolecular Hbond substituents is 1. The maximum atomic E-state index is 12.5. The fourth-order valence-electron chi connectivity index (χ4n) is 2.17. The molecule has 2 rings (SSSR count). The Kier molecular flexibility index (Phi) is 4.32. The average molecular weight is 322 g/mol. The second-order valence-corrected chi connectivity index (χ2v) is 5.03. The van der Waals surface area contributed by atoms with Gasteiger partial charge < -0.3 is 20.3 Å². The van der Waals surface area contributed by atoms with Gasteiger partial charge in [0.25, 0.3) is 5.56 Å². The first-order valence-corrected chi connectivity index (χ1v) is 6.91. The highest BCUT2D eigenvalue weighted by atomic mass is 32.1. The molecule has 0 unspecified atom stereocenters. The van der Waals surface area contributed by atoms with Crippen molar-refractivity contribution in [1.82, 2.24) is 9.55 Å². The lowest BCUT2D eigenvalue weighted by atomic mass is 10.1. The van der Waals surface area contributed by atoms with Crippen LogP contribution in [0.5, 0.6) is 11.5 Å². The maximum absolute atomic E-state index is 12.5. The van der Waals surface area contributed by atoms with Gasteiger partial charge in [-0.05, 0) is 30.8 Å². The van der Waals surface area contributed by atoms with Crippen molar-refractivity contribution in [3.8, 4) is 17.2 Å². The number of carboxylic acids is 1. The van der Waals surface area contributed by atoms with Gasteiger partial charge >= 0.3 is 5.97 Å². The molecule has 0 radical (unpaired) electrons. The Morgan fingerprint density at radius 2 is 1.95 bits per heavy atom. The van der Waals surface area contributed by atoms with E-state index in [1.807, 2.05) is 6.92 Å². The van der Waals surface area contributed by atoms with Crippen molar-refractivity contribution in [1.29, 1.82) is 0 Å². The summed E-state index contributed by atoms with van der Waals surface area (Å²) in [6.07, 6.45) is 2.63. The lowest BCUT2D eigenvalue weighted by Gasteiger charge is -2.13. The van der Waals surface area contributed by atoms with Gasteiger partial charge in [0, 0.05) is 11.8 Å². The van der Waals surface area contributed by atoms with E-state index in [4.69, 9.17) is 12.2 Å². The van der Waals surface area contributed by atoms with Gasteiger partial charge in [-0.3, -0.25) is 4.79 Å². The summed E-state index contributed by atoms with van der Waals surface area (Å²) in [5, 5.41) is 29.0. The number of aromatic carboxylic acids is 1. The minimum absolute atomic E-state index is 0.0757. The summed E-state index contributed by atoms with van der Waals surface area (Å²) in [6.45, 7) is 1.89. The highest BCUT2D eigenvalue weighted by Gasteiger charge is 2.23. The van der Waals surface area contributed by atoms with Gasteiger partial charge in [0.05, 0.1) is 0 Å². The summed E-state index contributed by atoms with van der Waals surface area (Å²) in [4.78, 5) is 26.6. The van der Waals surface area contributed by atoms with Crippen LogP contribution in [0.15, 0.2) is 23.1 Å². The number of aromatic amines is 1. The second-order valence-electron chi connectivity index (χ2n) is 4.64. The maximum Gasteiger partial charge on any atom is 0.341 e. The van der Waals surface area contributed by atoms with E-state index >= 15 is 0 Å². The summed E-state index contributed by atoms with van der Waals surface area (Å²) in [7, 11) is 0. The van der Waals surface area contributed by atoms with Gasteiger partial charge in [-0.15, -0.1) is 0 Å². The van der Waals surface area contributed by atoms with Crippen LogP contribution in [-0.2, 0) is 6.42 Å². The number of aromatic hydroxyl groups is 2. The van der Waals surface area contributed by atoms with Gasteiger partial charge in [0.15, 0.2) is 4.77 Å². The number of benzene rings is 1. The Hall–Kier alpha value is -2.61. The molecule has 7 nitrogen and oxygen atoms in total. The average Bonchev–Trinajstić information content (AvgIpc) is 2.45. The number of carboxylic acid groups (broad SMARTS) is 1. The van der Waals surface area contributed by atoms with Crippen molar-refractivity contribution in [2.75, 3.05) is 0 Å². The summed E-state index contributed by atoms with van der Waals surface area (Å²) in [5.74, 6) is -2.52. The molecule has 1 aromatic carbocycles. The molecule has 4 N–H and O–H groups in total. The number of hydrogen-bond acceptors (Lipinski definition) is 5. The number of nitrogens with one attached hydrogen (secondary N) is 1. The number of aromatic nitrogens is 2. The Morgan fingerprint density at radius 1 is 1.32 bits per heavy atom. The molecule has 0 atom stereocenters. The van der Waals surface area contributed by atoms with Crippen LogP contribution in [-0.4, -0.2) is 30.8 Å². The molecule has 22 heavy (non-hydrogen) atoms. The van der Waals surface area contributed by atoms with Gasteiger partial charge in [-0.1, -0.05) is 13.3 Å². The summed E-state index contributed by atoms with van der Waals surface area (Å²) in [5.41, 5.74) is -1.07. The number of rotatable bonds is 4. The fourth-order valence-corrected chi connectivity index (χ4v) is 2.40. The molecule has 1 heterocycles. The zero-order chi connectivity index (χ0) is 16.4. The third-order valence-corrected chi connectivity index (χ3v) is 3.44. The van der Waals surface area contributed by atoms with Crippen LogP contribution in [0.3, 0.4) is 0 Å². The summed E-state index contributed by atoms with van der Waals surface area (Å²) < 4.78 is 0.812. The molecule has 116 valence electrons. The predicted octanol–water partition coefficient (Wildman–Crippen LogP) is 1.96. The zero-order valence-corrected chi connectivity index (χ0v) is 12.5. The SMILES string of the molecule is CCCc1c[nH]c(=S)n(-c2c(O)ccc(O)c2C(=O)O)c1=O. The number of carbonyl (C=O) groups is 1. The van der Waals surface area contributed by atoms with Crippen LogP contribution in [0.4, 0.5) is 0 Å². The third-order valence-electron chi connectivity index (χ3n) is 3.14. The number of phenols is 2. The van der Waals surface area contributed by atoms with Crippen molar-refractivity contribution in [2.45, 2.75) is 19.8 Å². The smallest absolute Gasteiger partial charge is 0.341 e. The molecular formula is C14H14N2O5S. The molecule has 8 heteroatoms. The van der Waals surface area contributed by atoms with Crippen molar-refractivity contribution in [3.05, 3.63) is 44.6 Å². The van der Waals surface area contributed by atoms with Crippen molar-refractivity contribution in [3.63, 3.8) is 0 Å². The highest BCUT2D eigenvalue weighted by Crippen LogP contribution is 2.31. The molecule has 0 aliphatic carbocycles. The molecule has 0 bridgehead atoms. The molecule has 0 aliphatic heterocycles. The summed E-state index contributed by atoms with van der Waals surface area (Å²) >= 11 is 5.04. The van der Waals surface area contributed by atoms with E-state index in [2.05, 4.69) is 4.98 Å². The normalized spacial score (nSPS) is 10.6. The Balaban J connectivity index is 2.92.